The van der Waals surface area contributed by atoms with Gasteiger partial charge in [0.15, 0.2) is 0 Å². The van der Waals surface area contributed by atoms with E-state index in [0.29, 0.717) is 23.9 Å². The third-order valence-electron chi connectivity index (χ3n) is 7.11. The number of phenolic OH excluding ortho intramolecular Hbond substituents is 1. The first-order valence-corrected chi connectivity index (χ1v) is 12.4. The number of carbonyl (C=O) groups is 1. The van der Waals surface area contributed by atoms with Crippen molar-refractivity contribution in [1.29, 1.82) is 0 Å². The average Bonchev–Trinajstić information content (AvgIpc) is 3.37. The molecule has 1 aromatic heterocycles. The van der Waals surface area contributed by atoms with Gasteiger partial charge in [-0.25, -0.2) is 0 Å². The molecule has 0 spiro atoms. The van der Waals surface area contributed by atoms with Crippen molar-refractivity contribution in [2.24, 2.45) is 0 Å². The van der Waals surface area contributed by atoms with Gasteiger partial charge in [-0.15, -0.1) is 0 Å². The molecular weight excluding hydrogens is 424 g/mol. The van der Waals surface area contributed by atoms with Crippen LogP contribution in [0.25, 0.3) is 11.1 Å². The molecule has 0 bridgehead atoms. The van der Waals surface area contributed by atoms with E-state index in [1.807, 2.05) is 17.0 Å². The van der Waals surface area contributed by atoms with Gasteiger partial charge in [-0.05, 0) is 71.7 Å². The highest BCUT2D eigenvalue weighted by Crippen LogP contribution is 2.42. The minimum absolute atomic E-state index is 0.0273. The van der Waals surface area contributed by atoms with Crippen LogP contribution in [-0.2, 0) is 0 Å². The predicted octanol–water partition coefficient (Wildman–Crippen LogP) is 6.64. The van der Waals surface area contributed by atoms with Crippen LogP contribution in [0, 0.1) is 0 Å². The van der Waals surface area contributed by atoms with Crippen molar-refractivity contribution >= 4 is 11.6 Å². The zero-order valence-corrected chi connectivity index (χ0v) is 20.9. The Morgan fingerprint density at radius 3 is 2.56 bits per heavy atom. The summed E-state index contributed by atoms with van der Waals surface area (Å²) in [6, 6.07) is 14.0. The van der Waals surface area contributed by atoms with Gasteiger partial charge in [-0.1, -0.05) is 45.9 Å². The number of anilines is 1. The van der Waals surface area contributed by atoms with E-state index in [1.165, 1.54) is 28.6 Å². The van der Waals surface area contributed by atoms with E-state index >= 15 is 0 Å². The number of benzene rings is 2. The van der Waals surface area contributed by atoms with Gasteiger partial charge in [0.05, 0.1) is 11.8 Å². The highest BCUT2D eigenvalue weighted by molar-refractivity contribution is 5.94. The number of piperazine rings is 1. The lowest BCUT2D eigenvalue weighted by Crippen LogP contribution is -2.54. The highest BCUT2D eigenvalue weighted by Gasteiger charge is 2.31. The Bertz CT molecular complexity index is 1140. The lowest BCUT2D eigenvalue weighted by molar-refractivity contribution is 0.0673. The summed E-state index contributed by atoms with van der Waals surface area (Å²) >= 11 is 0. The lowest BCUT2D eigenvalue weighted by atomic mass is 9.84. The number of rotatable bonds is 6. The summed E-state index contributed by atoms with van der Waals surface area (Å²) in [5.41, 5.74) is 6.69. The third-order valence-corrected chi connectivity index (χ3v) is 7.11. The smallest absolute Gasteiger partial charge is 0.257 e. The molecule has 2 atom stereocenters. The Morgan fingerprint density at radius 2 is 1.94 bits per heavy atom. The van der Waals surface area contributed by atoms with E-state index in [1.54, 1.807) is 18.4 Å². The van der Waals surface area contributed by atoms with Gasteiger partial charge in [0.2, 0.25) is 0 Å². The van der Waals surface area contributed by atoms with Crippen LogP contribution in [0.1, 0.15) is 74.4 Å². The number of furan rings is 1. The molecule has 1 saturated heterocycles. The Morgan fingerprint density at radius 1 is 1.15 bits per heavy atom. The molecule has 2 aromatic carbocycles. The molecule has 1 amide bonds. The summed E-state index contributed by atoms with van der Waals surface area (Å²) < 4.78 is 5.13. The summed E-state index contributed by atoms with van der Waals surface area (Å²) in [7, 11) is 0. The zero-order valence-electron chi connectivity index (χ0n) is 20.9. The molecule has 1 aliphatic heterocycles. The maximum Gasteiger partial charge on any atom is 0.257 e. The molecule has 5 nitrogen and oxygen atoms in total. The standard InChI is InChI=1S/C29H36N2O3/c1-6-20(4)28-26(22-8-7-9-25(32)14-22)15-24(19(2)3)16-27(28)30-11-12-31(21(5)17-30)29(33)23-10-13-34-18-23/h7-10,13-16,18-21,32H,6,11-12,17H2,1-5H3. The molecule has 5 heteroatoms. The molecule has 0 radical (unpaired) electrons. The molecule has 2 unspecified atom stereocenters. The quantitative estimate of drug-likeness (QED) is 0.448. The van der Waals surface area contributed by atoms with E-state index < -0.39 is 0 Å². The number of nitrogens with zero attached hydrogens (tertiary/aromatic N) is 2. The summed E-state index contributed by atoms with van der Waals surface area (Å²) in [5.74, 6) is 1.04. The van der Waals surface area contributed by atoms with Crippen LogP contribution in [0.3, 0.4) is 0 Å². The van der Waals surface area contributed by atoms with Gasteiger partial charge in [0.1, 0.15) is 12.0 Å². The topological polar surface area (TPSA) is 56.9 Å². The number of carbonyl (C=O) groups excluding carboxylic acids is 1. The fourth-order valence-electron chi connectivity index (χ4n) is 4.92. The monoisotopic (exact) mass is 460 g/mol. The number of phenols is 1. The Balaban J connectivity index is 1.75. The minimum Gasteiger partial charge on any atom is -0.508 e. The first-order valence-electron chi connectivity index (χ1n) is 12.4. The van der Waals surface area contributed by atoms with Gasteiger partial charge in [0, 0.05) is 31.4 Å². The summed E-state index contributed by atoms with van der Waals surface area (Å²) in [4.78, 5) is 17.4. The van der Waals surface area contributed by atoms with Gasteiger partial charge < -0.3 is 19.3 Å². The maximum absolute atomic E-state index is 13.0. The van der Waals surface area contributed by atoms with Gasteiger partial charge >= 0.3 is 0 Å². The molecule has 4 rings (SSSR count). The number of aromatic hydroxyl groups is 1. The number of amides is 1. The van der Waals surface area contributed by atoms with Crippen molar-refractivity contribution in [3.8, 4) is 16.9 Å². The second-order valence-electron chi connectivity index (χ2n) is 9.82. The first-order chi connectivity index (χ1) is 16.3. The average molecular weight is 461 g/mol. The second-order valence-corrected chi connectivity index (χ2v) is 9.82. The summed E-state index contributed by atoms with van der Waals surface area (Å²) in [5, 5.41) is 10.2. The highest BCUT2D eigenvalue weighted by atomic mass is 16.3. The first kappa shape index (κ1) is 23.9. The largest absolute Gasteiger partial charge is 0.508 e. The summed E-state index contributed by atoms with van der Waals surface area (Å²) in [6.45, 7) is 13.3. The van der Waals surface area contributed by atoms with E-state index in [0.717, 1.165) is 25.1 Å². The fraction of sp³-hybridized carbons (Fsp3) is 0.414. The predicted molar refractivity (Wildman–Crippen MR) is 138 cm³/mol. The molecule has 0 aliphatic carbocycles. The van der Waals surface area contributed by atoms with Crippen molar-refractivity contribution in [3.63, 3.8) is 0 Å². The van der Waals surface area contributed by atoms with Crippen molar-refractivity contribution in [2.75, 3.05) is 24.5 Å². The van der Waals surface area contributed by atoms with Crippen LogP contribution in [-0.4, -0.2) is 41.6 Å². The molecule has 1 N–H and O–H groups in total. The normalized spacial score (nSPS) is 17.3. The molecule has 34 heavy (non-hydrogen) atoms. The van der Waals surface area contributed by atoms with E-state index in [9.17, 15) is 9.90 Å². The molecule has 0 saturated carbocycles. The zero-order chi connectivity index (χ0) is 24.4. The molecule has 2 heterocycles. The minimum atomic E-state index is 0.0273. The van der Waals surface area contributed by atoms with Crippen molar-refractivity contribution in [2.45, 2.75) is 58.9 Å². The molecule has 1 aliphatic rings. The summed E-state index contributed by atoms with van der Waals surface area (Å²) in [6.07, 6.45) is 4.09. The Labute approximate surface area is 203 Å². The van der Waals surface area contributed by atoms with Crippen LogP contribution in [0.2, 0.25) is 0 Å². The van der Waals surface area contributed by atoms with Crippen LogP contribution in [0.15, 0.2) is 59.4 Å². The molecule has 3 aromatic rings. The Hall–Kier alpha value is -3.21. The number of hydrogen-bond donors (Lipinski definition) is 1. The van der Waals surface area contributed by atoms with Crippen molar-refractivity contribution in [1.82, 2.24) is 4.90 Å². The molecular formula is C29H36N2O3. The number of hydrogen-bond acceptors (Lipinski definition) is 4. The van der Waals surface area contributed by atoms with Crippen molar-refractivity contribution in [3.05, 3.63) is 71.7 Å². The third kappa shape index (κ3) is 4.70. The van der Waals surface area contributed by atoms with Crippen LogP contribution < -0.4 is 4.90 Å². The lowest BCUT2D eigenvalue weighted by Gasteiger charge is -2.42. The van der Waals surface area contributed by atoms with Crippen LogP contribution in [0.5, 0.6) is 5.75 Å². The fourth-order valence-corrected chi connectivity index (χ4v) is 4.92. The molecule has 1 fully saturated rings. The molecule has 180 valence electrons. The maximum atomic E-state index is 13.0. The van der Waals surface area contributed by atoms with Gasteiger partial charge in [0.25, 0.3) is 5.91 Å². The van der Waals surface area contributed by atoms with Crippen molar-refractivity contribution < 1.29 is 14.3 Å². The SMILES string of the molecule is CCC(C)c1c(-c2cccc(O)c2)cc(C(C)C)cc1N1CCN(C(=O)c2ccoc2)C(C)C1. The van der Waals surface area contributed by atoms with Crippen LogP contribution in [0.4, 0.5) is 5.69 Å². The van der Waals surface area contributed by atoms with Gasteiger partial charge in [-0.3, -0.25) is 4.79 Å². The Kier molecular flexibility index (Phi) is 7.01. The van der Waals surface area contributed by atoms with Gasteiger partial charge in [-0.2, -0.15) is 0 Å². The van der Waals surface area contributed by atoms with E-state index in [4.69, 9.17) is 4.42 Å². The van der Waals surface area contributed by atoms with Crippen LogP contribution >= 0.6 is 0 Å². The van der Waals surface area contributed by atoms with E-state index in [-0.39, 0.29) is 17.7 Å². The van der Waals surface area contributed by atoms with E-state index in [2.05, 4.69) is 57.7 Å². The second kappa shape index (κ2) is 9.96.